The molecule has 0 spiro atoms. The van der Waals surface area contributed by atoms with Crippen LogP contribution >= 0.6 is 7.92 Å². The lowest BCUT2D eigenvalue weighted by Gasteiger charge is -2.29. The highest BCUT2D eigenvalue weighted by molar-refractivity contribution is 7.79. The number of carbonyl (C=O) groups is 2. The van der Waals surface area contributed by atoms with Crippen molar-refractivity contribution < 1.29 is 19.4 Å². The molecule has 3 aromatic rings. The van der Waals surface area contributed by atoms with E-state index in [2.05, 4.69) is 124 Å². The van der Waals surface area contributed by atoms with Crippen LogP contribution in [0.4, 0.5) is 0 Å². The SMILES string of the molecule is CC(=O)O.CC(=O)OCCN(C(C)C)C(C)C.c1ccc(P(c2ccccc2)c2ccccc2)cc1. The highest BCUT2D eigenvalue weighted by atomic mass is 31.1. The summed E-state index contributed by atoms with van der Waals surface area (Å²) in [5, 5.41) is 11.6. The van der Waals surface area contributed by atoms with Crippen LogP contribution in [0.2, 0.25) is 0 Å². The average molecular weight is 510 g/mol. The van der Waals surface area contributed by atoms with Crippen molar-refractivity contribution in [2.24, 2.45) is 0 Å². The predicted molar refractivity (Wildman–Crippen MR) is 152 cm³/mol. The molecule has 0 aliphatic carbocycles. The van der Waals surface area contributed by atoms with Gasteiger partial charge in [-0.15, -0.1) is 0 Å². The normalized spacial score (nSPS) is 10.4. The van der Waals surface area contributed by atoms with Crippen molar-refractivity contribution in [1.29, 1.82) is 0 Å². The first-order valence-corrected chi connectivity index (χ1v) is 13.5. The average Bonchev–Trinajstić information content (AvgIpc) is 2.83. The zero-order valence-corrected chi connectivity index (χ0v) is 23.2. The van der Waals surface area contributed by atoms with Crippen molar-refractivity contribution in [3.05, 3.63) is 91.0 Å². The first-order chi connectivity index (χ1) is 17.1. The first kappa shape index (κ1) is 31.0. The Labute approximate surface area is 217 Å². The number of carboxylic acid groups (broad SMARTS) is 1. The third kappa shape index (κ3) is 12.6. The van der Waals surface area contributed by atoms with Gasteiger partial charge in [0.25, 0.3) is 5.97 Å². The number of nitrogens with zero attached hydrogens (tertiary/aromatic N) is 1. The molecule has 3 rings (SSSR count). The fraction of sp³-hybridized carbons (Fsp3) is 0.333. The molecule has 0 aliphatic heterocycles. The molecule has 194 valence electrons. The Balaban J connectivity index is 0.000000333. The summed E-state index contributed by atoms with van der Waals surface area (Å²) >= 11 is 0. The van der Waals surface area contributed by atoms with Gasteiger partial charge >= 0.3 is 5.97 Å². The van der Waals surface area contributed by atoms with Gasteiger partial charge in [0.15, 0.2) is 0 Å². The third-order valence-electron chi connectivity index (χ3n) is 5.02. The molecule has 1 N–H and O–H groups in total. The summed E-state index contributed by atoms with van der Waals surface area (Å²) in [4.78, 5) is 21.8. The maximum atomic E-state index is 10.5. The summed E-state index contributed by atoms with van der Waals surface area (Å²) < 4.78 is 4.89. The van der Waals surface area contributed by atoms with Crippen LogP contribution < -0.4 is 15.9 Å². The number of carbonyl (C=O) groups excluding carboxylic acids is 1. The lowest BCUT2D eigenvalue weighted by atomic mass is 10.2. The quantitative estimate of drug-likeness (QED) is 0.334. The summed E-state index contributed by atoms with van der Waals surface area (Å²) in [7, 11) is -0.446. The molecule has 0 atom stereocenters. The topological polar surface area (TPSA) is 66.8 Å². The monoisotopic (exact) mass is 509 g/mol. The molecule has 0 heterocycles. The summed E-state index contributed by atoms with van der Waals surface area (Å²) in [5.41, 5.74) is 0. The van der Waals surface area contributed by atoms with Crippen molar-refractivity contribution in [3.63, 3.8) is 0 Å². The first-order valence-electron chi connectivity index (χ1n) is 12.2. The molecule has 5 nitrogen and oxygen atoms in total. The Morgan fingerprint density at radius 2 is 1.03 bits per heavy atom. The van der Waals surface area contributed by atoms with E-state index >= 15 is 0 Å². The molecule has 0 unspecified atom stereocenters. The van der Waals surface area contributed by atoms with Crippen LogP contribution in [-0.2, 0) is 14.3 Å². The number of rotatable bonds is 8. The van der Waals surface area contributed by atoms with Crippen molar-refractivity contribution in [3.8, 4) is 0 Å². The molecule has 3 aromatic carbocycles. The molecule has 0 saturated heterocycles. The second-order valence-corrected chi connectivity index (χ2v) is 10.8. The van der Waals surface area contributed by atoms with Crippen LogP contribution in [0.25, 0.3) is 0 Å². The van der Waals surface area contributed by atoms with Crippen molar-refractivity contribution in [2.75, 3.05) is 13.2 Å². The van der Waals surface area contributed by atoms with Gasteiger partial charge in [-0.3, -0.25) is 14.5 Å². The van der Waals surface area contributed by atoms with Gasteiger partial charge in [0, 0.05) is 32.5 Å². The van der Waals surface area contributed by atoms with Gasteiger partial charge in [-0.05, 0) is 51.5 Å². The Morgan fingerprint density at radius 1 is 0.722 bits per heavy atom. The van der Waals surface area contributed by atoms with Crippen molar-refractivity contribution in [2.45, 2.75) is 53.6 Å². The molecule has 0 radical (unpaired) electrons. The molecule has 0 amide bonds. The Morgan fingerprint density at radius 3 is 1.28 bits per heavy atom. The number of hydrogen-bond donors (Lipinski definition) is 1. The number of aliphatic carboxylic acids is 1. The van der Waals surface area contributed by atoms with Gasteiger partial charge in [0.05, 0.1) is 0 Å². The Bertz CT molecular complexity index is 889. The fourth-order valence-electron chi connectivity index (χ4n) is 3.59. The van der Waals surface area contributed by atoms with E-state index in [1.54, 1.807) is 0 Å². The maximum Gasteiger partial charge on any atom is 0.302 e. The molecular weight excluding hydrogens is 469 g/mol. The zero-order chi connectivity index (χ0) is 26.9. The highest BCUT2D eigenvalue weighted by Gasteiger charge is 2.15. The molecule has 0 aromatic heterocycles. The summed E-state index contributed by atoms with van der Waals surface area (Å²) in [5.74, 6) is -1.03. The van der Waals surface area contributed by atoms with E-state index in [4.69, 9.17) is 14.6 Å². The van der Waals surface area contributed by atoms with Crippen LogP contribution in [0.15, 0.2) is 91.0 Å². The molecule has 0 bridgehead atoms. The largest absolute Gasteiger partial charge is 0.481 e. The predicted octanol–water partition coefficient (Wildman–Crippen LogP) is 5.20. The molecule has 36 heavy (non-hydrogen) atoms. The minimum Gasteiger partial charge on any atom is -0.481 e. The van der Waals surface area contributed by atoms with Crippen molar-refractivity contribution >= 4 is 35.8 Å². The second kappa shape index (κ2) is 17.4. The maximum absolute atomic E-state index is 10.5. The number of benzene rings is 3. The van der Waals surface area contributed by atoms with E-state index in [0.717, 1.165) is 13.5 Å². The number of hydrogen-bond acceptors (Lipinski definition) is 4. The van der Waals surface area contributed by atoms with E-state index in [9.17, 15) is 4.79 Å². The molecule has 0 aliphatic rings. The number of carboxylic acids is 1. The van der Waals surface area contributed by atoms with Gasteiger partial charge in [0.1, 0.15) is 6.61 Å². The van der Waals surface area contributed by atoms with Crippen LogP contribution in [0, 0.1) is 0 Å². The third-order valence-corrected chi connectivity index (χ3v) is 7.47. The van der Waals surface area contributed by atoms with Crippen LogP contribution in [0.1, 0.15) is 41.5 Å². The Hall–Kier alpha value is -3.01. The van der Waals surface area contributed by atoms with Crippen LogP contribution in [-0.4, -0.2) is 47.2 Å². The second-order valence-electron chi connectivity index (χ2n) is 8.63. The smallest absolute Gasteiger partial charge is 0.302 e. The zero-order valence-electron chi connectivity index (χ0n) is 22.3. The number of esters is 1. The van der Waals surface area contributed by atoms with E-state index in [1.165, 1.54) is 22.8 Å². The van der Waals surface area contributed by atoms with E-state index < -0.39 is 13.9 Å². The highest BCUT2D eigenvalue weighted by Crippen LogP contribution is 2.32. The molecule has 0 fully saturated rings. The van der Waals surface area contributed by atoms with E-state index in [-0.39, 0.29) is 5.97 Å². The van der Waals surface area contributed by atoms with Gasteiger partial charge < -0.3 is 9.84 Å². The minimum atomic E-state index is -0.833. The lowest BCUT2D eigenvalue weighted by Crippen LogP contribution is -2.39. The van der Waals surface area contributed by atoms with Gasteiger partial charge in [-0.25, -0.2) is 0 Å². The standard InChI is InChI=1S/C18H15P.C10H21NO2.C2H4O2/c1-4-10-16(11-5-1)19(17-12-6-2-7-13-17)18-14-8-3-9-15-18;1-8(2)11(9(3)4)6-7-13-10(5)12;1-2(3)4/h1-15H;8-9H,6-7H2,1-5H3;1H3,(H,3,4). The fourth-order valence-corrected chi connectivity index (χ4v) is 5.89. The van der Waals surface area contributed by atoms with Crippen molar-refractivity contribution in [1.82, 2.24) is 4.90 Å². The minimum absolute atomic E-state index is 0.201. The summed E-state index contributed by atoms with van der Waals surface area (Å²) in [6.45, 7) is 12.4. The molecular formula is C30H40NO4P. The van der Waals surface area contributed by atoms with Crippen LogP contribution in [0.3, 0.4) is 0 Å². The van der Waals surface area contributed by atoms with E-state index in [1.807, 2.05) is 0 Å². The summed E-state index contributed by atoms with van der Waals surface area (Å²) in [6, 6.07) is 33.3. The van der Waals surface area contributed by atoms with Gasteiger partial charge in [-0.1, -0.05) is 91.0 Å². The lowest BCUT2D eigenvalue weighted by molar-refractivity contribution is -0.141. The summed E-state index contributed by atoms with van der Waals surface area (Å²) in [6.07, 6.45) is 0. The van der Waals surface area contributed by atoms with E-state index in [0.29, 0.717) is 18.7 Å². The number of ether oxygens (including phenoxy) is 1. The molecule has 6 heteroatoms. The van der Waals surface area contributed by atoms with Gasteiger partial charge in [-0.2, -0.15) is 0 Å². The van der Waals surface area contributed by atoms with Gasteiger partial charge in [0.2, 0.25) is 0 Å². The van der Waals surface area contributed by atoms with Crippen LogP contribution in [0.5, 0.6) is 0 Å². The molecule has 0 saturated carbocycles. The Kier molecular flexibility index (Phi) is 15.0.